The molecule has 1 amide bonds. The minimum atomic E-state index is -1.13. The van der Waals surface area contributed by atoms with Crippen LogP contribution in [-0.2, 0) is 28.6 Å². The molecule has 0 bridgehead atoms. The van der Waals surface area contributed by atoms with Crippen LogP contribution >= 0.6 is 11.6 Å². The summed E-state index contributed by atoms with van der Waals surface area (Å²) >= 11 is 6.16. The van der Waals surface area contributed by atoms with E-state index in [0.717, 1.165) is 25.7 Å². The van der Waals surface area contributed by atoms with Gasteiger partial charge in [0.15, 0.2) is 23.1 Å². The number of nitrogens with one attached hydrogen (secondary N) is 1. The molecule has 4 heterocycles. The van der Waals surface area contributed by atoms with Gasteiger partial charge in [-0.2, -0.15) is 9.97 Å². The first-order valence-corrected chi connectivity index (χ1v) is 14.5. The average Bonchev–Trinajstić information content (AvgIpc) is 3.71. The Balaban J connectivity index is 1.11. The predicted octanol–water partition coefficient (Wildman–Crippen LogP) is 3.46. The molecule has 2 aromatic rings. The number of hydrogen-bond donors (Lipinski definition) is 2. The number of carbonyl (C=O) groups is 3. The van der Waals surface area contributed by atoms with Crippen molar-refractivity contribution in [2.45, 2.75) is 102 Å². The number of aliphatic hydroxyl groups is 1. The Morgan fingerprint density at radius 3 is 2.65 bits per heavy atom. The molecule has 12 nitrogen and oxygen atoms in total. The van der Waals surface area contributed by atoms with Crippen molar-refractivity contribution in [1.29, 1.82) is 0 Å². The molecule has 4 aliphatic rings. The monoisotopic (exact) mass is 575 g/mol. The fourth-order valence-electron chi connectivity index (χ4n) is 6.70. The number of nitrogens with zero attached hydrogens (tertiary/aromatic N) is 4. The first kappa shape index (κ1) is 27.3. The Morgan fingerprint density at radius 2 is 1.95 bits per heavy atom. The van der Waals surface area contributed by atoms with E-state index in [0.29, 0.717) is 11.1 Å². The number of fused-ring (bicyclic) bond motifs is 1. The second-order valence-corrected chi connectivity index (χ2v) is 12.2. The third-order valence-electron chi connectivity index (χ3n) is 9.20. The van der Waals surface area contributed by atoms with Crippen LogP contribution in [0.2, 0.25) is 5.28 Å². The maximum atomic E-state index is 12.9. The molecule has 13 heteroatoms. The molecule has 2 N–H and O–H groups in total. The molecule has 4 fully saturated rings. The van der Waals surface area contributed by atoms with Gasteiger partial charge < -0.3 is 24.6 Å². The summed E-state index contributed by atoms with van der Waals surface area (Å²) in [6.45, 7) is 1.64. The number of esters is 2. The number of aromatic nitrogens is 4. The molecule has 6 rings (SSSR count). The van der Waals surface area contributed by atoms with E-state index in [1.165, 1.54) is 32.0 Å². The number of ether oxygens (including phenoxy) is 3. The molecule has 2 aromatic heterocycles. The molecule has 2 saturated carbocycles. The molecule has 0 unspecified atom stereocenters. The molecule has 4 atom stereocenters. The fraction of sp³-hybridized carbons (Fsp3) is 0.704. The Bertz CT molecular complexity index is 1320. The van der Waals surface area contributed by atoms with E-state index in [2.05, 4.69) is 20.3 Å². The third-order valence-corrected chi connectivity index (χ3v) is 9.37. The number of hydrogen-bond acceptors (Lipinski definition) is 10. The van der Waals surface area contributed by atoms with Gasteiger partial charge in [0.1, 0.15) is 18.4 Å². The molecule has 2 saturated heterocycles. The van der Waals surface area contributed by atoms with Crippen molar-refractivity contribution in [2.75, 3.05) is 11.9 Å². The van der Waals surface area contributed by atoms with Gasteiger partial charge in [-0.1, -0.05) is 12.8 Å². The second-order valence-electron chi connectivity index (χ2n) is 11.9. The summed E-state index contributed by atoms with van der Waals surface area (Å²) in [6, 6.07) is 0. The first-order chi connectivity index (χ1) is 19.1. The number of cyclic esters (lactones) is 1. The highest BCUT2D eigenvalue weighted by molar-refractivity contribution is 6.28. The van der Waals surface area contributed by atoms with Crippen molar-refractivity contribution in [1.82, 2.24) is 19.5 Å². The number of amides is 1. The van der Waals surface area contributed by atoms with E-state index < -0.39 is 35.9 Å². The zero-order chi connectivity index (χ0) is 28.1. The second kappa shape index (κ2) is 10.5. The Morgan fingerprint density at radius 1 is 1.20 bits per heavy atom. The standard InChI is InChI=1S/C27H34ClN5O7/c1-26(13-38-24(37)15-6-10-27(11-7-15)8-2-3-9-27)17(34)12-18(40-26)33-14-29-20-21(31-25(28)32-22(20)33)30-23(36)16-4-5-19(35)39-16/h14-18,34H,2-13H2,1H3,(H,30,31,32,36)/t16-,17+,18-,26-/m1/s1. The number of halogens is 1. The van der Waals surface area contributed by atoms with Crippen molar-refractivity contribution >= 4 is 46.4 Å². The van der Waals surface area contributed by atoms with Gasteiger partial charge in [-0.25, -0.2) is 4.98 Å². The predicted molar refractivity (Wildman–Crippen MR) is 141 cm³/mol. The molecule has 1 spiro atoms. The average molecular weight is 576 g/mol. The van der Waals surface area contributed by atoms with E-state index in [1.54, 1.807) is 11.5 Å². The quantitative estimate of drug-likeness (QED) is 0.386. The highest BCUT2D eigenvalue weighted by Gasteiger charge is 2.47. The van der Waals surface area contributed by atoms with Gasteiger partial charge >= 0.3 is 11.9 Å². The molecular weight excluding hydrogens is 542 g/mol. The van der Waals surface area contributed by atoms with Crippen molar-refractivity contribution in [3.63, 3.8) is 0 Å². The van der Waals surface area contributed by atoms with Crippen LogP contribution < -0.4 is 5.32 Å². The number of rotatable bonds is 6. The highest BCUT2D eigenvalue weighted by atomic mass is 35.5. The van der Waals surface area contributed by atoms with Crippen molar-refractivity contribution in [2.24, 2.45) is 11.3 Å². The normalized spacial score (nSPS) is 30.2. The molecule has 40 heavy (non-hydrogen) atoms. The van der Waals surface area contributed by atoms with Crippen LogP contribution in [0, 0.1) is 11.3 Å². The Labute approximate surface area is 236 Å². The zero-order valence-electron chi connectivity index (χ0n) is 22.4. The van der Waals surface area contributed by atoms with Crippen molar-refractivity contribution < 1.29 is 33.7 Å². The largest absolute Gasteiger partial charge is 0.462 e. The number of anilines is 1. The summed E-state index contributed by atoms with van der Waals surface area (Å²) in [5, 5.41) is 13.4. The summed E-state index contributed by atoms with van der Waals surface area (Å²) in [6.07, 6.45) is 8.62. The summed E-state index contributed by atoms with van der Waals surface area (Å²) in [5.74, 6) is -1.23. The lowest BCUT2D eigenvalue weighted by Gasteiger charge is -2.36. The van der Waals surface area contributed by atoms with E-state index in [9.17, 15) is 19.5 Å². The molecule has 2 aliphatic heterocycles. The van der Waals surface area contributed by atoms with Gasteiger partial charge in [0.25, 0.3) is 5.91 Å². The van der Waals surface area contributed by atoms with Crippen LogP contribution in [0.15, 0.2) is 6.33 Å². The van der Waals surface area contributed by atoms with Crippen LogP contribution in [0.4, 0.5) is 5.82 Å². The van der Waals surface area contributed by atoms with Gasteiger partial charge in [-0.3, -0.25) is 19.0 Å². The highest BCUT2D eigenvalue weighted by Crippen LogP contribution is 2.50. The lowest BCUT2D eigenvalue weighted by atomic mass is 9.69. The summed E-state index contributed by atoms with van der Waals surface area (Å²) in [4.78, 5) is 49.6. The van der Waals surface area contributed by atoms with Gasteiger partial charge in [-0.15, -0.1) is 0 Å². The van der Waals surface area contributed by atoms with E-state index >= 15 is 0 Å². The summed E-state index contributed by atoms with van der Waals surface area (Å²) in [5.41, 5.74) is -0.136. The van der Waals surface area contributed by atoms with Gasteiger partial charge in [0, 0.05) is 19.3 Å². The van der Waals surface area contributed by atoms with Crippen molar-refractivity contribution in [3.8, 4) is 0 Å². The minimum absolute atomic E-state index is 0.0730. The molecule has 0 aromatic carbocycles. The molecular formula is C27H34ClN5O7. The van der Waals surface area contributed by atoms with E-state index in [4.69, 9.17) is 25.8 Å². The summed E-state index contributed by atoms with van der Waals surface area (Å²) in [7, 11) is 0. The number of carbonyl (C=O) groups excluding carboxylic acids is 3. The maximum absolute atomic E-state index is 12.9. The lowest BCUT2D eigenvalue weighted by molar-refractivity contribution is -0.168. The Hall–Kier alpha value is -2.83. The van der Waals surface area contributed by atoms with Crippen LogP contribution in [0.25, 0.3) is 11.2 Å². The summed E-state index contributed by atoms with van der Waals surface area (Å²) < 4.78 is 18.6. The van der Waals surface area contributed by atoms with Crippen LogP contribution in [-0.4, -0.2) is 66.9 Å². The first-order valence-electron chi connectivity index (χ1n) is 14.1. The number of aliphatic hydroxyl groups excluding tert-OH is 1. The fourth-order valence-corrected chi connectivity index (χ4v) is 6.86. The van der Waals surface area contributed by atoms with Gasteiger partial charge in [-0.05, 0) is 62.5 Å². The topological polar surface area (TPSA) is 155 Å². The van der Waals surface area contributed by atoms with Crippen LogP contribution in [0.5, 0.6) is 0 Å². The van der Waals surface area contributed by atoms with E-state index in [-0.39, 0.29) is 54.4 Å². The Kier molecular flexibility index (Phi) is 7.20. The smallest absolute Gasteiger partial charge is 0.309 e. The van der Waals surface area contributed by atoms with E-state index in [1.807, 2.05) is 0 Å². The minimum Gasteiger partial charge on any atom is -0.462 e. The van der Waals surface area contributed by atoms with Crippen molar-refractivity contribution in [3.05, 3.63) is 11.6 Å². The zero-order valence-corrected chi connectivity index (χ0v) is 23.2. The van der Waals surface area contributed by atoms with Crippen LogP contribution in [0.1, 0.15) is 83.8 Å². The third kappa shape index (κ3) is 5.16. The number of imidazole rings is 1. The van der Waals surface area contributed by atoms with Gasteiger partial charge in [0.05, 0.1) is 18.3 Å². The molecule has 2 aliphatic carbocycles. The van der Waals surface area contributed by atoms with Gasteiger partial charge in [0.2, 0.25) is 5.28 Å². The lowest BCUT2D eigenvalue weighted by Crippen LogP contribution is -2.42. The SMILES string of the molecule is C[C@]1(COC(=O)C2CCC3(CCCC3)CC2)O[C@@H](n2cnc3c(NC(=O)[C@H]4CCC(=O)O4)nc(Cl)nc32)C[C@@H]1O. The molecule has 0 radical (unpaired) electrons. The maximum Gasteiger partial charge on any atom is 0.309 e. The molecule has 216 valence electrons. The van der Waals surface area contributed by atoms with Crippen LogP contribution in [0.3, 0.4) is 0 Å².